The van der Waals surface area contributed by atoms with Gasteiger partial charge in [0, 0.05) is 6.42 Å². The Balaban J connectivity index is 2.05. The van der Waals surface area contributed by atoms with Crippen molar-refractivity contribution in [1.82, 2.24) is 5.32 Å². The zero-order valence-electron chi connectivity index (χ0n) is 13.5. The van der Waals surface area contributed by atoms with Crippen LogP contribution in [0.3, 0.4) is 0 Å². The van der Waals surface area contributed by atoms with Gasteiger partial charge in [0.2, 0.25) is 5.91 Å². The van der Waals surface area contributed by atoms with Crippen molar-refractivity contribution < 1.29 is 18.7 Å². The lowest BCUT2D eigenvalue weighted by molar-refractivity contribution is -0.147. The second-order valence-corrected chi connectivity index (χ2v) is 5.33. The summed E-state index contributed by atoms with van der Waals surface area (Å²) >= 11 is 0. The molecule has 0 radical (unpaired) electrons. The van der Waals surface area contributed by atoms with E-state index in [0.717, 1.165) is 5.56 Å². The number of halogens is 1. The van der Waals surface area contributed by atoms with Gasteiger partial charge in [0.25, 0.3) is 0 Å². The van der Waals surface area contributed by atoms with Crippen molar-refractivity contribution in [2.75, 3.05) is 6.61 Å². The molecule has 0 saturated heterocycles. The van der Waals surface area contributed by atoms with Crippen LogP contribution in [-0.2, 0) is 27.2 Å². The van der Waals surface area contributed by atoms with E-state index in [0.29, 0.717) is 6.42 Å². The third-order valence-electron chi connectivity index (χ3n) is 3.50. The molecular weight excluding hydrogens is 309 g/mol. The van der Waals surface area contributed by atoms with Crippen molar-refractivity contribution in [3.8, 4) is 0 Å². The summed E-state index contributed by atoms with van der Waals surface area (Å²) in [6.45, 7) is 1.94. The average Bonchev–Trinajstić information content (AvgIpc) is 2.57. The quantitative estimate of drug-likeness (QED) is 0.795. The topological polar surface area (TPSA) is 55.4 Å². The molecule has 1 amide bonds. The molecule has 0 spiro atoms. The molecule has 1 atom stereocenters. The minimum atomic E-state index is -0.799. The first kappa shape index (κ1) is 17.7. The summed E-state index contributed by atoms with van der Waals surface area (Å²) < 4.78 is 18.7. The molecular formula is C19H20FNO3. The van der Waals surface area contributed by atoms with Crippen LogP contribution < -0.4 is 5.32 Å². The SMILES string of the molecule is CCOC(=O)[C@H](Cc1ccccc1)NC(=O)Cc1ccccc1F. The molecule has 0 aliphatic heterocycles. The number of nitrogens with one attached hydrogen (secondary N) is 1. The second-order valence-electron chi connectivity index (χ2n) is 5.33. The third kappa shape index (κ3) is 5.19. The van der Waals surface area contributed by atoms with Crippen LogP contribution in [0.25, 0.3) is 0 Å². The summed E-state index contributed by atoms with van der Waals surface area (Å²) in [4.78, 5) is 24.3. The van der Waals surface area contributed by atoms with Crippen molar-refractivity contribution in [1.29, 1.82) is 0 Å². The number of benzene rings is 2. The van der Waals surface area contributed by atoms with Gasteiger partial charge >= 0.3 is 5.97 Å². The van der Waals surface area contributed by atoms with Crippen LogP contribution in [0.5, 0.6) is 0 Å². The maximum Gasteiger partial charge on any atom is 0.328 e. The van der Waals surface area contributed by atoms with Crippen LogP contribution in [0, 0.1) is 5.82 Å². The Morgan fingerprint density at radius 2 is 1.75 bits per heavy atom. The summed E-state index contributed by atoms with van der Waals surface area (Å²) in [6.07, 6.45) is 0.194. The van der Waals surface area contributed by atoms with E-state index in [1.54, 1.807) is 25.1 Å². The number of carbonyl (C=O) groups is 2. The molecule has 5 heteroatoms. The van der Waals surface area contributed by atoms with E-state index in [2.05, 4.69) is 5.32 Å². The Kier molecular flexibility index (Phi) is 6.49. The van der Waals surface area contributed by atoms with Crippen molar-refractivity contribution in [3.63, 3.8) is 0 Å². The number of amides is 1. The maximum absolute atomic E-state index is 13.6. The Hall–Kier alpha value is -2.69. The predicted octanol–water partition coefficient (Wildman–Crippen LogP) is 2.66. The zero-order chi connectivity index (χ0) is 17.4. The van der Waals surface area contributed by atoms with Gasteiger partial charge in [-0.05, 0) is 24.1 Å². The van der Waals surface area contributed by atoms with Crippen LogP contribution in [0.4, 0.5) is 4.39 Å². The van der Waals surface area contributed by atoms with Gasteiger partial charge in [0.05, 0.1) is 13.0 Å². The second kappa shape index (κ2) is 8.82. The molecule has 0 saturated carbocycles. The van der Waals surface area contributed by atoms with Crippen LogP contribution >= 0.6 is 0 Å². The lowest BCUT2D eigenvalue weighted by Gasteiger charge is -2.17. The van der Waals surface area contributed by atoms with Gasteiger partial charge in [-0.2, -0.15) is 0 Å². The number of ether oxygens (including phenoxy) is 1. The maximum atomic E-state index is 13.6. The first-order valence-corrected chi connectivity index (χ1v) is 7.83. The largest absolute Gasteiger partial charge is 0.464 e. The van der Waals surface area contributed by atoms with Gasteiger partial charge in [-0.3, -0.25) is 4.79 Å². The van der Waals surface area contributed by atoms with Gasteiger partial charge in [-0.25, -0.2) is 9.18 Å². The summed E-state index contributed by atoms with van der Waals surface area (Å²) in [7, 11) is 0. The fourth-order valence-corrected chi connectivity index (χ4v) is 2.35. The van der Waals surface area contributed by atoms with Crippen molar-refractivity contribution in [2.24, 2.45) is 0 Å². The molecule has 4 nitrogen and oxygen atoms in total. The van der Waals surface area contributed by atoms with Crippen LogP contribution in [-0.4, -0.2) is 24.5 Å². The van der Waals surface area contributed by atoms with Crippen LogP contribution in [0.2, 0.25) is 0 Å². The number of rotatable bonds is 7. The highest BCUT2D eigenvalue weighted by molar-refractivity contribution is 5.85. The fourth-order valence-electron chi connectivity index (χ4n) is 2.35. The summed E-state index contributed by atoms with van der Waals surface area (Å²) in [5.74, 6) is -1.36. The molecule has 2 aromatic carbocycles. The van der Waals surface area contributed by atoms with Crippen LogP contribution in [0.1, 0.15) is 18.1 Å². The van der Waals surface area contributed by atoms with E-state index in [9.17, 15) is 14.0 Å². The molecule has 0 unspecified atom stereocenters. The lowest BCUT2D eigenvalue weighted by atomic mass is 10.1. The Morgan fingerprint density at radius 1 is 1.08 bits per heavy atom. The molecule has 0 heterocycles. The van der Waals surface area contributed by atoms with E-state index in [-0.39, 0.29) is 18.6 Å². The van der Waals surface area contributed by atoms with E-state index < -0.39 is 23.7 Å². The normalized spacial score (nSPS) is 11.6. The van der Waals surface area contributed by atoms with Gasteiger partial charge in [-0.15, -0.1) is 0 Å². The number of hydrogen-bond donors (Lipinski definition) is 1. The molecule has 0 aliphatic carbocycles. The monoisotopic (exact) mass is 329 g/mol. The van der Waals surface area contributed by atoms with E-state index in [4.69, 9.17) is 4.74 Å². The first-order chi connectivity index (χ1) is 11.6. The van der Waals surface area contributed by atoms with Gasteiger partial charge in [-0.1, -0.05) is 48.5 Å². The average molecular weight is 329 g/mol. The molecule has 24 heavy (non-hydrogen) atoms. The van der Waals surface area contributed by atoms with E-state index >= 15 is 0 Å². The minimum Gasteiger partial charge on any atom is -0.464 e. The summed E-state index contributed by atoms with van der Waals surface area (Å²) in [5, 5.41) is 2.65. The lowest BCUT2D eigenvalue weighted by Crippen LogP contribution is -2.44. The highest BCUT2D eigenvalue weighted by Crippen LogP contribution is 2.09. The molecule has 2 aromatic rings. The summed E-state index contributed by atoms with van der Waals surface area (Å²) in [6, 6.07) is 14.6. The number of carbonyl (C=O) groups excluding carboxylic acids is 2. The first-order valence-electron chi connectivity index (χ1n) is 7.83. The summed E-state index contributed by atoms with van der Waals surface area (Å²) in [5.41, 5.74) is 1.19. The standard InChI is InChI=1S/C19H20FNO3/c1-2-24-19(23)17(12-14-8-4-3-5-9-14)21-18(22)13-15-10-6-7-11-16(15)20/h3-11,17H,2,12-13H2,1H3,(H,21,22)/t17-/m0/s1. The highest BCUT2D eigenvalue weighted by atomic mass is 19.1. The predicted molar refractivity (Wildman–Crippen MR) is 88.8 cm³/mol. The van der Waals surface area contributed by atoms with Crippen LogP contribution in [0.15, 0.2) is 54.6 Å². The molecule has 0 bridgehead atoms. The number of hydrogen-bond acceptors (Lipinski definition) is 3. The molecule has 0 aliphatic rings. The van der Waals surface area contributed by atoms with Crippen molar-refractivity contribution >= 4 is 11.9 Å². The third-order valence-corrected chi connectivity index (χ3v) is 3.50. The van der Waals surface area contributed by atoms with Gasteiger partial charge in [0.1, 0.15) is 11.9 Å². The van der Waals surface area contributed by atoms with Crippen molar-refractivity contribution in [2.45, 2.75) is 25.8 Å². The van der Waals surface area contributed by atoms with Gasteiger partial charge in [0.15, 0.2) is 0 Å². The number of esters is 1. The minimum absolute atomic E-state index is 0.128. The molecule has 0 aromatic heterocycles. The smallest absolute Gasteiger partial charge is 0.328 e. The van der Waals surface area contributed by atoms with E-state index in [1.807, 2.05) is 30.3 Å². The Morgan fingerprint density at radius 3 is 2.42 bits per heavy atom. The molecule has 2 rings (SSSR count). The fraction of sp³-hybridized carbons (Fsp3) is 0.263. The van der Waals surface area contributed by atoms with Crippen molar-refractivity contribution in [3.05, 3.63) is 71.5 Å². The molecule has 1 N–H and O–H groups in total. The molecule has 126 valence electrons. The van der Waals surface area contributed by atoms with E-state index in [1.165, 1.54) is 6.07 Å². The van der Waals surface area contributed by atoms with Gasteiger partial charge < -0.3 is 10.1 Å². The highest BCUT2D eigenvalue weighted by Gasteiger charge is 2.22. The Labute approximate surface area is 140 Å². The zero-order valence-corrected chi connectivity index (χ0v) is 13.5. The molecule has 0 fully saturated rings. The Bertz CT molecular complexity index is 688.